The third-order valence-electron chi connectivity index (χ3n) is 2.98. The molecule has 0 atom stereocenters. The first-order valence-electron chi connectivity index (χ1n) is 6.64. The molecule has 0 amide bonds. The van der Waals surface area contributed by atoms with E-state index in [2.05, 4.69) is 0 Å². The van der Waals surface area contributed by atoms with Gasteiger partial charge in [0.15, 0.2) is 0 Å². The summed E-state index contributed by atoms with van der Waals surface area (Å²) >= 11 is 0. The molecule has 0 saturated heterocycles. The van der Waals surface area contributed by atoms with E-state index in [1.54, 1.807) is 21.3 Å². The van der Waals surface area contributed by atoms with Gasteiger partial charge >= 0.3 is 8.80 Å². The highest BCUT2D eigenvalue weighted by Gasteiger charge is 2.37. The van der Waals surface area contributed by atoms with Crippen LogP contribution in [0.5, 0.6) is 5.75 Å². The molecule has 1 aromatic rings. The zero-order chi connectivity index (χ0) is 14.8. The van der Waals surface area contributed by atoms with Gasteiger partial charge in [-0.05, 0) is 24.6 Å². The van der Waals surface area contributed by atoms with Gasteiger partial charge in [0.05, 0.1) is 6.61 Å². The zero-order valence-corrected chi connectivity index (χ0v) is 13.7. The second-order valence-electron chi connectivity index (χ2n) is 4.16. The van der Waals surface area contributed by atoms with Gasteiger partial charge in [-0.25, -0.2) is 0 Å². The summed E-state index contributed by atoms with van der Waals surface area (Å²) in [6.45, 7) is 3.83. The Kier molecular flexibility index (Phi) is 7.79. The van der Waals surface area contributed by atoms with Crippen molar-refractivity contribution in [3.8, 4) is 5.75 Å². The van der Waals surface area contributed by atoms with E-state index in [1.165, 1.54) is 0 Å². The van der Waals surface area contributed by atoms with Gasteiger partial charge in [-0.15, -0.1) is 0 Å². The number of hydrogen-bond acceptors (Lipinski definition) is 5. The molecule has 0 aromatic heterocycles. The van der Waals surface area contributed by atoms with E-state index in [1.807, 2.05) is 31.2 Å². The van der Waals surface area contributed by atoms with E-state index in [0.29, 0.717) is 25.9 Å². The van der Waals surface area contributed by atoms with Gasteiger partial charge in [-0.3, -0.25) is 0 Å². The number of hydrogen-bond donors (Lipinski definition) is 0. The van der Waals surface area contributed by atoms with Crippen LogP contribution in [0.3, 0.4) is 0 Å². The summed E-state index contributed by atoms with van der Waals surface area (Å²) in [7, 11) is 2.27. The summed E-state index contributed by atoms with van der Waals surface area (Å²) in [5.41, 5.74) is 1.10. The smallest absolute Gasteiger partial charge is 0.491 e. The molecule has 5 nitrogen and oxygen atoms in total. The van der Waals surface area contributed by atoms with Gasteiger partial charge in [-0.2, -0.15) is 0 Å². The standard InChI is InChI=1S/C14H24O5Si/c1-5-18-10-11-19-14-8-6-13(7-9-14)12-20(15-2,16-3)17-4/h6-9H,5,10-12H2,1-4H3. The van der Waals surface area contributed by atoms with Crippen LogP contribution in [0.4, 0.5) is 0 Å². The van der Waals surface area contributed by atoms with Gasteiger partial charge in [0.25, 0.3) is 0 Å². The van der Waals surface area contributed by atoms with Crippen LogP contribution in [0, 0.1) is 0 Å². The lowest BCUT2D eigenvalue weighted by Gasteiger charge is -2.24. The fourth-order valence-electron chi connectivity index (χ4n) is 1.78. The molecule has 0 aliphatic heterocycles. The van der Waals surface area contributed by atoms with Gasteiger partial charge < -0.3 is 22.8 Å². The Hall–Kier alpha value is -0.923. The van der Waals surface area contributed by atoms with E-state index in [4.69, 9.17) is 22.8 Å². The minimum atomic E-state index is -2.57. The van der Waals surface area contributed by atoms with Crippen LogP contribution in [-0.4, -0.2) is 50.0 Å². The highest BCUT2D eigenvalue weighted by molar-refractivity contribution is 6.60. The molecule has 1 aromatic carbocycles. The molecule has 6 heteroatoms. The molecular formula is C14H24O5Si. The van der Waals surface area contributed by atoms with Crippen molar-refractivity contribution in [2.75, 3.05) is 41.2 Å². The Labute approximate surface area is 122 Å². The van der Waals surface area contributed by atoms with Crippen molar-refractivity contribution in [3.05, 3.63) is 29.8 Å². The summed E-state index contributed by atoms with van der Waals surface area (Å²) in [5, 5.41) is 0. The predicted octanol–water partition coefficient (Wildman–Crippen LogP) is 2.06. The van der Waals surface area contributed by atoms with Crippen LogP contribution < -0.4 is 4.74 Å². The fraction of sp³-hybridized carbons (Fsp3) is 0.571. The molecule has 0 saturated carbocycles. The van der Waals surface area contributed by atoms with Crippen molar-refractivity contribution in [1.29, 1.82) is 0 Å². The van der Waals surface area contributed by atoms with E-state index in [-0.39, 0.29) is 0 Å². The topological polar surface area (TPSA) is 46.2 Å². The number of rotatable bonds is 10. The summed E-state index contributed by atoms with van der Waals surface area (Å²) in [6.07, 6.45) is 0. The van der Waals surface area contributed by atoms with Gasteiger partial charge in [0.1, 0.15) is 12.4 Å². The molecule has 20 heavy (non-hydrogen) atoms. The van der Waals surface area contributed by atoms with Crippen LogP contribution in [0.1, 0.15) is 12.5 Å². The Morgan fingerprint density at radius 1 is 0.900 bits per heavy atom. The molecule has 0 aliphatic carbocycles. The first-order valence-corrected chi connectivity index (χ1v) is 8.57. The molecule has 0 unspecified atom stereocenters. The first kappa shape index (κ1) is 17.1. The van der Waals surface area contributed by atoms with Gasteiger partial charge in [0.2, 0.25) is 0 Å². The van der Waals surface area contributed by atoms with Crippen molar-refractivity contribution < 1.29 is 22.8 Å². The molecule has 1 rings (SSSR count). The Morgan fingerprint density at radius 3 is 2.00 bits per heavy atom. The number of ether oxygens (including phenoxy) is 2. The Balaban J connectivity index is 2.53. The summed E-state index contributed by atoms with van der Waals surface area (Å²) < 4.78 is 27.0. The average Bonchev–Trinajstić information content (AvgIpc) is 2.51. The minimum absolute atomic E-state index is 0.556. The lowest BCUT2D eigenvalue weighted by atomic mass is 10.2. The maximum atomic E-state index is 5.56. The maximum absolute atomic E-state index is 5.56. The van der Waals surface area contributed by atoms with Gasteiger partial charge in [-0.1, -0.05) is 12.1 Å². The molecule has 0 fully saturated rings. The first-order chi connectivity index (χ1) is 9.69. The largest absolute Gasteiger partial charge is 0.504 e. The van der Waals surface area contributed by atoms with Crippen molar-refractivity contribution in [2.24, 2.45) is 0 Å². The van der Waals surface area contributed by atoms with Crippen LogP contribution in [0.2, 0.25) is 0 Å². The molecule has 0 heterocycles. The second kappa shape index (κ2) is 9.09. The molecule has 0 aliphatic rings. The maximum Gasteiger partial charge on any atom is 0.504 e. The monoisotopic (exact) mass is 300 g/mol. The third kappa shape index (κ3) is 5.22. The summed E-state index contributed by atoms with van der Waals surface area (Å²) in [4.78, 5) is 0. The summed E-state index contributed by atoms with van der Waals surface area (Å²) in [5.74, 6) is 0.827. The fourth-order valence-corrected chi connectivity index (χ4v) is 3.45. The minimum Gasteiger partial charge on any atom is -0.491 e. The second-order valence-corrected chi connectivity index (χ2v) is 7.11. The number of benzene rings is 1. The SMILES string of the molecule is CCOCCOc1ccc(C[Si](OC)(OC)OC)cc1. The molecule has 0 N–H and O–H groups in total. The lowest BCUT2D eigenvalue weighted by molar-refractivity contribution is 0.110. The van der Waals surface area contributed by atoms with Crippen LogP contribution in [0.25, 0.3) is 0 Å². The normalized spacial score (nSPS) is 11.6. The molecule has 0 bridgehead atoms. The van der Waals surface area contributed by atoms with E-state index in [0.717, 1.165) is 11.3 Å². The Bertz CT molecular complexity index is 356. The van der Waals surface area contributed by atoms with E-state index >= 15 is 0 Å². The van der Waals surface area contributed by atoms with Crippen molar-refractivity contribution >= 4 is 8.80 Å². The molecule has 114 valence electrons. The van der Waals surface area contributed by atoms with Crippen molar-refractivity contribution in [1.82, 2.24) is 0 Å². The van der Waals surface area contributed by atoms with E-state index in [9.17, 15) is 0 Å². The third-order valence-corrected chi connectivity index (χ3v) is 5.68. The van der Waals surface area contributed by atoms with Crippen LogP contribution in [-0.2, 0) is 24.1 Å². The van der Waals surface area contributed by atoms with E-state index < -0.39 is 8.80 Å². The summed E-state index contributed by atoms with van der Waals surface area (Å²) in [6, 6.07) is 8.49. The predicted molar refractivity (Wildman–Crippen MR) is 78.9 cm³/mol. The molecular weight excluding hydrogens is 276 g/mol. The zero-order valence-electron chi connectivity index (χ0n) is 12.7. The molecule has 0 spiro atoms. The quantitative estimate of drug-likeness (QED) is 0.489. The van der Waals surface area contributed by atoms with Crippen LogP contribution in [0.15, 0.2) is 24.3 Å². The average molecular weight is 300 g/mol. The lowest BCUT2D eigenvalue weighted by Crippen LogP contribution is -2.45. The Morgan fingerprint density at radius 2 is 1.50 bits per heavy atom. The van der Waals surface area contributed by atoms with Crippen molar-refractivity contribution in [3.63, 3.8) is 0 Å². The van der Waals surface area contributed by atoms with Gasteiger partial charge in [0, 0.05) is 34.0 Å². The highest BCUT2D eigenvalue weighted by Crippen LogP contribution is 2.18. The highest BCUT2D eigenvalue weighted by atomic mass is 28.4. The van der Waals surface area contributed by atoms with Crippen LogP contribution >= 0.6 is 0 Å². The molecule has 0 radical (unpaired) electrons. The van der Waals surface area contributed by atoms with Crippen molar-refractivity contribution in [2.45, 2.75) is 13.0 Å².